The van der Waals surface area contributed by atoms with Gasteiger partial charge in [0.2, 0.25) is 0 Å². The van der Waals surface area contributed by atoms with Gasteiger partial charge in [-0.15, -0.1) is 0 Å². The average molecular weight is 453 g/mol. The highest BCUT2D eigenvalue weighted by Crippen LogP contribution is 2.36. The van der Waals surface area contributed by atoms with Crippen molar-refractivity contribution in [3.05, 3.63) is 70.9 Å². The van der Waals surface area contributed by atoms with Crippen LogP contribution in [0.25, 0.3) is 45.2 Å². The molecule has 172 valence electrons. The lowest BCUT2D eigenvalue weighted by Crippen LogP contribution is -2.24. The molecule has 6 rings (SSSR count). The lowest BCUT2D eigenvalue weighted by Gasteiger charge is -2.11. The first-order chi connectivity index (χ1) is 16.5. The summed E-state index contributed by atoms with van der Waals surface area (Å²) in [4.78, 5) is 26.1. The summed E-state index contributed by atoms with van der Waals surface area (Å²) in [6, 6.07) is 15.0. The third-order valence-electron chi connectivity index (χ3n) is 7.10. The molecule has 1 saturated carbocycles. The smallest absolute Gasteiger partial charge is 0.329 e. The molecule has 0 amide bonds. The fourth-order valence-corrected chi connectivity index (χ4v) is 5.32. The van der Waals surface area contributed by atoms with Gasteiger partial charge in [-0.3, -0.25) is 9.13 Å². The van der Waals surface area contributed by atoms with E-state index in [9.17, 15) is 4.79 Å². The summed E-state index contributed by atoms with van der Waals surface area (Å²) in [5.74, 6) is 1.50. The van der Waals surface area contributed by atoms with Gasteiger partial charge in [0.25, 0.3) is 0 Å². The fraction of sp³-hybridized carbons (Fsp3) is 0.296. The molecule has 3 aromatic heterocycles. The second-order valence-corrected chi connectivity index (χ2v) is 9.39. The van der Waals surface area contributed by atoms with Gasteiger partial charge in [-0.05, 0) is 38.0 Å². The largest absolute Gasteiger partial charge is 0.335 e. The van der Waals surface area contributed by atoms with Crippen molar-refractivity contribution >= 4 is 11.0 Å². The number of rotatable bonds is 4. The molecule has 0 aliphatic heterocycles. The zero-order valence-electron chi connectivity index (χ0n) is 19.7. The van der Waals surface area contributed by atoms with Crippen LogP contribution in [0.2, 0.25) is 0 Å². The molecule has 0 bridgehead atoms. The highest BCUT2D eigenvalue weighted by atomic mass is 16.1. The Kier molecular flexibility index (Phi) is 4.79. The number of nitrogens with zero attached hydrogens (tertiary/aromatic N) is 5. The van der Waals surface area contributed by atoms with E-state index in [2.05, 4.69) is 59.4 Å². The van der Waals surface area contributed by atoms with E-state index in [0.29, 0.717) is 6.04 Å². The lowest BCUT2D eigenvalue weighted by molar-refractivity contribution is 0.509. The van der Waals surface area contributed by atoms with E-state index in [4.69, 9.17) is 4.98 Å². The van der Waals surface area contributed by atoms with Crippen LogP contribution in [0, 0.1) is 6.92 Å². The molecule has 0 unspecified atom stereocenters. The predicted octanol–water partition coefficient (Wildman–Crippen LogP) is 5.22. The van der Waals surface area contributed by atoms with Crippen LogP contribution in [0.1, 0.15) is 37.3 Å². The monoisotopic (exact) mass is 452 g/mol. The summed E-state index contributed by atoms with van der Waals surface area (Å²) in [6.07, 6.45) is 8.22. The molecule has 0 radical (unpaired) electrons. The summed E-state index contributed by atoms with van der Waals surface area (Å²) >= 11 is 0. The van der Waals surface area contributed by atoms with Crippen LogP contribution in [-0.2, 0) is 14.1 Å². The Bertz CT molecular complexity index is 1570. The van der Waals surface area contributed by atoms with Gasteiger partial charge in [-0.1, -0.05) is 42.7 Å². The third kappa shape index (κ3) is 3.22. The second kappa shape index (κ2) is 7.87. The number of aromatic nitrogens is 6. The minimum atomic E-state index is 0.0660. The van der Waals surface area contributed by atoms with Gasteiger partial charge >= 0.3 is 5.69 Å². The minimum Gasteiger partial charge on any atom is -0.335 e. The third-order valence-corrected chi connectivity index (χ3v) is 7.10. The first-order valence-electron chi connectivity index (χ1n) is 11.9. The van der Waals surface area contributed by atoms with Gasteiger partial charge in [-0.25, -0.2) is 14.8 Å². The number of benzene rings is 2. The first-order valence-corrected chi connectivity index (χ1v) is 11.9. The molecule has 34 heavy (non-hydrogen) atoms. The van der Waals surface area contributed by atoms with E-state index < -0.39 is 0 Å². The van der Waals surface area contributed by atoms with Crippen LogP contribution < -0.4 is 5.69 Å². The van der Waals surface area contributed by atoms with E-state index in [0.717, 1.165) is 58.0 Å². The number of hydrogen-bond donors (Lipinski definition) is 1. The Balaban J connectivity index is 1.55. The van der Waals surface area contributed by atoms with E-state index in [1.165, 1.54) is 18.4 Å². The van der Waals surface area contributed by atoms with Crippen LogP contribution in [0.15, 0.2) is 59.7 Å². The zero-order chi connectivity index (χ0) is 23.4. The molecular formula is C27H28N6O. The molecule has 1 aliphatic rings. The van der Waals surface area contributed by atoms with Crippen molar-refractivity contribution < 1.29 is 0 Å². The molecule has 5 aromatic rings. The SMILES string of the molecule is Cc1cccc(-c2nc(-c3nccn3C)[nH]c2-c2ccc3c(c2)n(C)c(=O)n3C2CCCC2)c1. The first kappa shape index (κ1) is 20.7. The Labute approximate surface area is 197 Å². The quantitative estimate of drug-likeness (QED) is 0.406. The number of fused-ring (bicyclic) bond motifs is 1. The van der Waals surface area contributed by atoms with Gasteiger partial charge in [0, 0.05) is 43.7 Å². The lowest BCUT2D eigenvalue weighted by atomic mass is 10.0. The zero-order valence-corrected chi connectivity index (χ0v) is 19.7. The maximum Gasteiger partial charge on any atom is 0.329 e. The topological polar surface area (TPSA) is 73.4 Å². The molecule has 0 atom stereocenters. The van der Waals surface area contributed by atoms with E-state index in [1.807, 2.05) is 29.4 Å². The van der Waals surface area contributed by atoms with Gasteiger partial charge in [0.1, 0.15) is 0 Å². The number of imidazole rings is 3. The molecular weight excluding hydrogens is 424 g/mol. The molecule has 1 aliphatic carbocycles. The maximum atomic E-state index is 13.1. The minimum absolute atomic E-state index is 0.0660. The average Bonchev–Trinajstić information content (AvgIpc) is 3.62. The Morgan fingerprint density at radius 2 is 1.82 bits per heavy atom. The number of aryl methyl sites for hydroxylation is 3. The Morgan fingerprint density at radius 3 is 2.56 bits per heavy atom. The molecule has 1 N–H and O–H groups in total. The summed E-state index contributed by atoms with van der Waals surface area (Å²) in [5, 5.41) is 0. The molecule has 2 aromatic carbocycles. The van der Waals surface area contributed by atoms with Gasteiger partial charge in [0.05, 0.1) is 22.4 Å². The second-order valence-electron chi connectivity index (χ2n) is 9.39. The van der Waals surface area contributed by atoms with Gasteiger partial charge in [0.15, 0.2) is 11.6 Å². The number of H-pyrrole nitrogens is 1. The molecule has 3 heterocycles. The number of hydrogen-bond acceptors (Lipinski definition) is 3. The summed E-state index contributed by atoms with van der Waals surface area (Å²) in [5.41, 5.74) is 7.03. The Morgan fingerprint density at radius 1 is 1.00 bits per heavy atom. The van der Waals surface area contributed by atoms with Crippen molar-refractivity contribution in [1.29, 1.82) is 0 Å². The summed E-state index contributed by atoms with van der Waals surface area (Å²) in [7, 11) is 3.83. The van der Waals surface area contributed by atoms with E-state index in [-0.39, 0.29) is 5.69 Å². The highest BCUT2D eigenvalue weighted by Gasteiger charge is 2.24. The summed E-state index contributed by atoms with van der Waals surface area (Å²) in [6.45, 7) is 2.09. The normalized spacial score (nSPS) is 14.4. The van der Waals surface area contributed by atoms with E-state index >= 15 is 0 Å². The molecule has 7 nitrogen and oxygen atoms in total. The van der Waals surface area contributed by atoms with Crippen LogP contribution in [-0.4, -0.2) is 28.7 Å². The number of nitrogens with one attached hydrogen (secondary N) is 1. The summed E-state index contributed by atoms with van der Waals surface area (Å²) < 4.78 is 5.73. The van der Waals surface area contributed by atoms with Crippen molar-refractivity contribution in [1.82, 2.24) is 28.7 Å². The maximum absolute atomic E-state index is 13.1. The predicted molar refractivity (Wildman–Crippen MR) is 135 cm³/mol. The van der Waals surface area contributed by atoms with Gasteiger partial charge < -0.3 is 9.55 Å². The van der Waals surface area contributed by atoms with Crippen LogP contribution in [0.4, 0.5) is 0 Å². The van der Waals surface area contributed by atoms with Crippen molar-refractivity contribution in [2.45, 2.75) is 38.6 Å². The molecule has 0 saturated heterocycles. The Hall–Kier alpha value is -3.87. The van der Waals surface area contributed by atoms with Crippen LogP contribution >= 0.6 is 0 Å². The van der Waals surface area contributed by atoms with Crippen LogP contribution in [0.5, 0.6) is 0 Å². The van der Waals surface area contributed by atoms with Crippen molar-refractivity contribution in [2.75, 3.05) is 0 Å². The fourth-order valence-electron chi connectivity index (χ4n) is 5.32. The molecule has 7 heteroatoms. The molecule has 0 spiro atoms. The van der Waals surface area contributed by atoms with Gasteiger partial charge in [-0.2, -0.15) is 0 Å². The van der Waals surface area contributed by atoms with Crippen molar-refractivity contribution in [3.8, 4) is 34.2 Å². The van der Waals surface area contributed by atoms with Crippen molar-refractivity contribution in [3.63, 3.8) is 0 Å². The number of aromatic amines is 1. The van der Waals surface area contributed by atoms with E-state index in [1.54, 1.807) is 10.8 Å². The standard InChI is InChI=1S/C27H28N6O/c1-17-7-6-8-18(15-17)23-24(30-25(29-23)26-28-13-14-31(26)2)19-11-12-21-22(16-19)32(3)27(34)33(21)20-9-4-5-10-20/h6-8,11-16,20H,4-5,9-10H2,1-3H3,(H,29,30). The molecule has 1 fully saturated rings. The van der Waals surface area contributed by atoms with Crippen molar-refractivity contribution in [2.24, 2.45) is 14.1 Å². The highest BCUT2D eigenvalue weighted by molar-refractivity contribution is 5.87. The van der Waals surface area contributed by atoms with Crippen LogP contribution in [0.3, 0.4) is 0 Å².